The van der Waals surface area contributed by atoms with Crippen LogP contribution in [0.15, 0.2) is 36.4 Å². The number of hydrogen-bond donors (Lipinski definition) is 0. The Bertz CT molecular complexity index is 892. The fourth-order valence-corrected chi connectivity index (χ4v) is 2.62. The highest BCUT2D eigenvalue weighted by Crippen LogP contribution is 2.37. The van der Waals surface area contributed by atoms with E-state index in [9.17, 15) is 28.1 Å². The smallest absolute Gasteiger partial charge is 0.416 e. The zero-order valence-electron chi connectivity index (χ0n) is 14.3. The lowest BCUT2D eigenvalue weighted by Crippen LogP contribution is -2.08. The molecule has 11 heteroatoms. The molecule has 2 rings (SSSR count). The number of nitro groups is 1. The largest absolute Gasteiger partial charge is 0.456 e. The Morgan fingerprint density at radius 2 is 1.96 bits per heavy atom. The standard InChI is InChI=1S/C17H13ClF3NO5S/c1-2-28-9-26-16(23)12-8-11(4-5-14(12)22(24)25)27-15-6-3-10(7-13(15)18)17(19,20)21/h3-8H,2,9H2,1H3. The van der Waals surface area contributed by atoms with E-state index >= 15 is 0 Å². The van der Waals surface area contributed by atoms with Crippen LogP contribution in [0.4, 0.5) is 18.9 Å². The predicted octanol–water partition coefficient (Wildman–Crippen LogP) is 5.93. The van der Waals surface area contributed by atoms with Gasteiger partial charge in [0.25, 0.3) is 5.69 Å². The molecule has 0 aromatic heterocycles. The molecule has 0 unspecified atom stereocenters. The molecule has 28 heavy (non-hydrogen) atoms. The third-order valence-electron chi connectivity index (χ3n) is 3.35. The Morgan fingerprint density at radius 3 is 2.54 bits per heavy atom. The van der Waals surface area contributed by atoms with Crippen molar-refractivity contribution in [3.8, 4) is 11.5 Å². The average molecular weight is 436 g/mol. The van der Waals surface area contributed by atoms with Gasteiger partial charge >= 0.3 is 12.1 Å². The second-order valence-electron chi connectivity index (χ2n) is 5.22. The van der Waals surface area contributed by atoms with Gasteiger partial charge in [-0.1, -0.05) is 18.5 Å². The van der Waals surface area contributed by atoms with E-state index in [0.29, 0.717) is 11.8 Å². The van der Waals surface area contributed by atoms with Crippen LogP contribution in [0.3, 0.4) is 0 Å². The highest BCUT2D eigenvalue weighted by Gasteiger charge is 2.31. The number of nitrogens with zero attached hydrogens (tertiary/aromatic N) is 1. The molecule has 0 N–H and O–H groups in total. The van der Waals surface area contributed by atoms with Gasteiger partial charge in [0.05, 0.1) is 15.5 Å². The van der Waals surface area contributed by atoms with E-state index in [1.807, 2.05) is 6.92 Å². The van der Waals surface area contributed by atoms with Gasteiger partial charge in [-0.3, -0.25) is 10.1 Å². The number of alkyl halides is 3. The Kier molecular flexibility index (Phi) is 7.14. The maximum absolute atomic E-state index is 12.7. The fourth-order valence-electron chi connectivity index (χ4n) is 2.04. The van der Waals surface area contributed by atoms with Crippen molar-refractivity contribution in [2.45, 2.75) is 13.1 Å². The molecule has 0 aliphatic heterocycles. The van der Waals surface area contributed by atoms with Crippen molar-refractivity contribution in [3.63, 3.8) is 0 Å². The minimum atomic E-state index is -4.57. The zero-order valence-corrected chi connectivity index (χ0v) is 15.9. The summed E-state index contributed by atoms with van der Waals surface area (Å²) in [6.45, 7) is 1.85. The summed E-state index contributed by atoms with van der Waals surface area (Å²) in [5.74, 6) is -0.351. The molecule has 0 amide bonds. The molecule has 2 aromatic rings. The fraction of sp³-hybridized carbons (Fsp3) is 0.235. The van der Waals surface area contributed by atoms with Gasteiger partial charge in [-0.15, -0.1) is 11.8 Å². The summed E-state index contributed by atoms with van der Waals surface area (Å²) in [5, 5.41) is 10.8. The van der Waals surface area contributed by atoms with E-state index in [-0.39, 0.29) is 28.0 Å². The predicted molar refractivity (Wildman–Crippen MR) is 98.0 cm³/mol. The first-order chi connectivity index (χ1) is 13.1. The molecule has 0 saturated carbocycles. The minimum Gasteiger partial charge on any atom is -0.456 e. The Balaban J connectivity index is 2.30. The number of halogens is 4. The number of rotatable bonds is 7. The molecule has 6 nitrogen and oxygen atoms in total. The lowest BCUT2D eigenvalue weighted by Gasteiger charge is -2.12. The molecule has 0 radical (unpaired) electrons. The summed E-state index contributed by atoms with van der Waals surface area (Å²) in [4.78, 5) is 22.5. The normalized spacial score (nSPS) is 11.2. The Hall–Kier alpha value is -2.46. The highest BCUT2D eigenvalue weighted by atomic mass is 35.5. The zero-order chi connectivity index (χ0) is 20.9. The minimum absolute atomic E-state index is 0.0162. The number of carbonyl (C=O) groups excluding carboxylic acids is 1. The van der Waals surface area contributed by atoms with Crippen LogP contribution >= 0.6 is 23.4 Å². The molecule has 0 bridgehead atoms. The first-order valence-electron chi connectivity index (χ1n) is 7.71. The van der Waals surface area contributed by atoms with Crippen LogP contribution in [0.5, 0.6) is 11.5 Å². The lowest BCUT2D eigenvalue weighted by atomic mass is 10.1. The summed E-state index contributed by atoms with van der Waals surface area (Å²) in [7, 11) is 0. The maximum atomic E-state index is 12.7. The van der Waals surface area contributed by atoms with Gasteiger partial charge in [0.15, 0.2) is 0 Å². The van der Waals surface area contributed by atoms with Crippen LogP contribution in [0, 0.1) is 10.1 Å². The third-order valence-corrected chi connectivity index (χ3v) is 4.34. The van der Waals surface area contributed by atoms with Crippen LogP contribution in [-0.4, -0.2) is 22.6 Å². The lowest BCUT2D eigenvalue weighted by molar-refractivity contribution is -0.385. The quantitative estimate of drug-likeness (QED) is 0.176. The monoisotopic (exact) mass is 435 g/mol. The molecular weight excluding hydrogens is 423 g/mol. The molecule has 150 valence electrons. The summed E-state index contributed by atoms with van der Waals surface area (Å²) in [5.41, 5.74) is -1.79. The van der Waals surface area contributed by atoms with Gasteiger partial charge in [-0.25, -0.2) is 4.79 Å². The van der Waals surface area contributed by atoms with Gasteiger partial charge in [0.2, 0.25) is 0 Å². The molecule has 0 fully saturated rings. The number of ether oxygens (including phenoxy) is 2. The maximum Gasteiger partial charge on any atom is 0.416 e. The SMILES string of the molecule is CCSCOC(=O)c1cc(Oc2ccc(C(F)(F)F)cc2Cl)ccc1[N+](=O)[O-]. The number of hydrogen-bond acceptors (Lipinski definition) is 6. The first-order valence-corrected chi connectivity index (χ1v) is 9.24. The van der Waals surface area contributed by atoms with Crippen molar-refractivity contribution >= 4 is 35.0 Å². The number of esters is 1. The number of carbonyl (C=O) groups is 1. The average Bonchev–Trinajstić information content (AvgIpc) is 2.62. The van der Waals surface area contributed by atoms with Crippen molar-refractivity contribution in [1.82, 2.24) is 0 Å². The number of benzene rings is 2. The summed E-state index contributed by atoms with van der Waals surface area (Å²) in [6, 6.07) is 5.80. The van der Waals surface area contributed by atoms with Crippen LogP contribution in [0.2, 0.25) is 5.02 Å². The van der Waals surface area contributed by atoms with Crippen molar-refractivity contribution < 1.29 is 32.4 Å². The van der Waals surface area contributed by atoms with E-state index in [4.69, 9.17) is 21.1 Å². The molecule has 2 aromatic carbocycles. The highest BCUT2D eigenvalue weighted by molar-refractivity contribution is 7.99. The van der Waals surface area contributed by atoms with E-state index < -0.39 is 28.3 Å². The van der Waals surface area contributed by atoms with E-state index in [2.05, 4.69) is 0 Å². The Morgan fingerprint density at radius 1 is 1.25 bits per heavy atom. The van der Waals surface area contributed by atoms with Crippen LogP contribution in [0.25, 0.3) is 0 Å². The third kappa shape index (κ3) is 5.52. The van der Waals surface area contributed by atoms with Crippen LogP contribution in [0.1, 0.15) is 22.8 Å². The van der Waals surface area contributed by atoms with Crippen LogP contribution < -0.4 is 4.74 Å². The number of nitro benzene ring substituents is 1. The summed E-state index contributed by atoms with van der Waals surface area (Å²) < 4.78 is 48.4. The van der Waals surface area contributed by atoms with Crippen LogP contribution in [-0.2, 0) is 10.9 Å². The van der Waals surface area contributed by atoms with Gasteiger partial charge in [-0.2, -0.15) is 13.2 Å². The van der Waals surface area contributed by atoms with Gasteiger partial charge in [-0.05, 0) is 30.0 Å². The number of thioether (sulfide) groups is 1. The summed E-state index contributed by atoms with van der Waals surface area (Å²) >= 11 is 7.13. The first kappa shape index (κ1) is 21.8. The van der Waals surface area contributed by atoms with Crippen molar-refractivity contribution in [2.24, 2.45) is 0 Å². The van der Waals surface area contributed by atoms with Gasteiger partial charge in [0.1, 0.15) is 23.0 Å². The molecule has 0 heterocycles. The molecular formula is C17H13ClF3NO5S. The van der Waals surface area contributed by atoms with Gasteiger partial charge in [0, 0.05) is 12.1 Å². The van der Waals surface area contributed by atoms with E-state index in [1.54, 1.807) is 0 Å². The second kappa shape index (κ2) is 9.16. The van der Waals surface area contributed by atoms with Crippen molar-refractivity contribution in [2.75, 3.05) is 11.7 Å². The van der Waals surface area contributed by atoms with Crippen molar-refractivity contribution in [3.05, 3.63) is 62.7 Å². The topological polar surface area (TPSA) is 78.7 Å². The van der Waals surface area contributed by atoms with Crippen molar-refractivity contribution in [1.29, 1.82) is 0 Å². The van der Waals surface area contributed by atoms with E-state index in [1.165, 1.54) is 17.8 Å². The molecule has 0 saturated heterocycles. The second-order valence-corrected chi connectivity index (χ2v) is 6.85. The molecule has 0 atom stereocenters. The molecule has 0 aliphatic carbocycles. The summed E-state index contributed by atoms with van der Waals surface area (Å²) in [6.07, 6.45) is -4.57. The molecule has 0 spiro atoms. The van der Waals surface area contributed by atoms with E-state index in [0.717, 1.165) is 24.3 Å². The van der Waals surface area contributed by atoms with Gasteiger partial charge < -0.3 is 9.47 Å². The molecule has 0 aliphatic rings. The Labute approximate surface area is 166 Å².